The minimum absolute atomic E-state index is 0.157. The average molecular weight is 205 g/mol. The quantitative estimate of drug-likeness (QED) is 0.704. The average Bonchev–Trinajstić information content (AvgIpc) is 1.80. The molecule has 0 aromatic heterocycles. The molecule has 1 amide bonds. The molecule has 0 aromatic carbocycles. The zero-order chi connectivity index (χ0) is 10.7. The van der Waals surface area contributed by atoms with Gasteiger partial charge in [0.05, 0.1) is 0 Å². The predicted octanol–water partition coefficient (Wildman–Crippen LogP) is 2.72. The highest BCUT2D eigenvalue weighted by molar-refractivity contribution is 7.15. The fourth-order valence-corrected chi connectivity index (χ4v) is 1.65. The van der Waals surface area contributed by atoms with Crippen molar-refractivity contribution in [1.82, 2.24) is 5.09 Å². The summed E-state index contributed by atoms with van der Waals surface area (Å²) < 4.78 is 5.19. The number of ether oxygens (including phenoxy) is 1. The summed E-state index contributed by atoms with van der Waals surface area (Å²) in [7, 11) is 2.12. The fraction of sp³-hybridized carbons (Fsp3) is 0.889. The maximum Gasteiger partial charge on any atom is 0.410 e. The lowest BCUT2D eigenvalue weighted by Gasteiger charge is -2.31. The third-order valence-electron chi connectivity index (χ3n) is 1.44. The Labute approximate surface area is 82.9 Å². The summed E-state index contributed by atoms with van der Waals surface area (Å²) in [6.07, 6.45) is 0.428. The van der Waals surface area contributed by atoms with Crippen LogP contribution in [-0.2, 0) is 4.74 Å². The minimum Gasteiger partial charge on any atom is -0.443 e. The number of amides is 1. The molecular formula is C9H20NO2P. The van der Waals surface area contributed by atoms with Crippen LogP contribution in [0, 0.1) is 5.41 Å². The molecule has 0 radical (unpaired) electrons. The molecule has 1 atom stereocenters. The molecule has 0 rings (SSSR count). The van der Waals surface area contributed by atoms with Gasteiger partial charge in [-0.05, 0) is 35.1 Å². The van der Waals surface area contributed by atoms with Gasteiger partial charge in [-0.25, -0.2) is 4.79 Å². The number of hydrogen-bond donors (Lipinski definition) is 1. The van der Waals surface area contributed by atoms with Crippen LogP contribution in [0.15, 0.2) is 0 Å². The summed E-state index contributed by atoms with van der Waals surface area (Å²) in [5, 5.41) is 2.36. The summed E-state index contributed by atoms with van der Waals surface area (Å²) in [6, 6.07) is 0. The van der Waals surface area contributed by atoms with Crippen molar-refractivity contribution in [3.05, 3.63) is 0 Å². The molecule has 3 nitrogen and oxygen atoms in total. The summed E-state index contributed by atoms with van der Waals surface area (Å²) >= 11 is 0. The van der Waals surface area contributed by atoms with Crippen molar-refractivity contribution in [1.29, 1.82) is 0 Å². The molecule has 0 aromatic rings. The first-order chi connectivity index (χ1) is 5.66. The van der Waals surface area contributed by atoms with E-state index in [2.05, 4.69) is 35.2 Å². The van der Waals surface area contributed by atoms with Crippen LogP contribution in [0.4, 0.5) is 4.79 Å². The number of hydrogen-bond acceptors (Lipinski definition) is 2. The van der Waals surface area contributed by atoms with Gasteiger partial charge in [0.1, 0.15) is 5.60 Å². The van der Waals surface area contributed by atoms with Gasteiger partial charge in [-0.15, -0.1) is 0 Å². The van der Waals surface area contributed by atoms with Crippen molar-refractivity contribution in [2.75, 3.05) is 0 Å². The normalized spacial score (nSPS) is 12.5. The molecule has 13 heavy (non-hydrogen) atoms. The Morgan fingerprint density at radius 2 is 1.77 bits per heavy atom. The van der Waals surface area contributed by atoms with E-state index < -0.39 is 11.7 Å². The lowest BCUT2D eigenvalue weighted by molar-refractivity contribution is 0.0135. The van der Waals surface area contributed by atoms with Gasteiger partial charge in [-0.3, -0.25) is 0 Å². The second kappa shape index (κ2) is 4.28. The Bertz CT molecular complexity index is 185. The van der Waals surface area contributed by atoms with E-state index in [4.69, 9.17) is 4.74 Å². The van der Waals surface area contributed by atoms with Crippen LogP contribution in [0.1, 0.15) is 41.0 Å². The maximum atomic E-state index is 11.0. The van der Waals surface area contributed by atoms with Crippen molar-refractivity contribution in [2.45, 2.75) is 46.6 Å². The molecule has 78 valence electrons. The Morgan fingerprint density at radius 3 is 2.08 bits per heavy atom. The van der Waals surface area contributed by atoms with Gasteiger partial charge in [0.2, 0.25) is 0 Å². The number of nitrogens with one attached hydrogen (secondary N) is 1. The van der Waals surface area contributed by atoms with Gasteiger partial charge in [0, 0.05) is 0 Å². The van der Waals surface area contributed by atoms with Crippen LogP contribution in [-0.4, -0.2) is 11.7 Å². The highest BCUT2D eigenvalue weighted by Gasteiger charge is 2.28. The minimum atomic E-state index is -0.418. The Morgan fingerprint density at radius 1 is 1.31 bits per heavy atom. The molecule has 0 aliphatic heterocycles. The molecule has 1 unspecified atom stereocenters. The SMILES string of the molecule is CC(C)(C)CC(C)(C)OC(=O)NP. The van der Waals surface area contributed by atoms with E-state index in [0.717, 1.165) is 6.42 Å². The van der Waals surface area contributed by atoms with Crippen molar-refractivity contribution >= 4 is 15.5 Å². The summed E-state index contributed by atoms with van der Waals surface area (Å²) in [4.78, 5) is 11.0. The zero-order valence-electron chi connectivity index (χ0n) is 9.10. The smallest absolute Gasteiger partial charge is 0.410 e. The van der Waals surface area contributed by atoms with Crippen molar-refractivity contribution in [3.63, 3.8) is 0 Å². The third kappa shape index (κ3) is 6.83. The van der Waals surface area contributed by atoms with Crippen molar-refractivity contribution < 1.29 is 9.53 Å². The van der Waals surface area contributed by atoms with Gasteiger partial charge in [-0.2, -0.15) is 0 Å². The first-order valence-electron chi connectivity index (χ1n) is 4.36. The van der Waals surface area contributed by atoms with Gasteiger partial charge < -0.3 is 9.82 Å². The number of carbonyl (C=O) groups is 1. The standard InChI is InChI=1S/C9H20NO2P/c1-8(2,3)6-9(4,5)12-7(11)10-13/h6,13H2,1-5H3,(H,10,11). The number of rotatable bonds is 2. The van der Waals surface area contributed by atoms with Gasteiger partial charge in [0.25, 0.3) is 0 Å². The van der Waals surface area contributed by atoms with E-state index >= 15 is 0 Å². The zero-order valence-corrected chi connectivity index (χ0v) is 10.3. The largest absolute Gasteiger partial charge is 0.443 e. The van der Waals surface area contributed by atoms with E-state index in [1.165, 1.54) is 0 Å². The molecule has 1 N–H and O–H groups in total. The molecule has 0 bridgehead atoms. The van der Waals surface area contributed by atoms with Crippen LogP contribution in [0.25, 0.3) is 0 Å². The van der Waals surface area contributed by atoms with E-state index in [1.807, 2.05) is 13.8 Å². The molecule has 0 aliphatic rings. The number of carbonyl (C=O) groups excluding carboxylic acids is 1. The molecule has 0 heterocycles. The van der Waals surface area contributed by atoms with Crippen LogP contribution >= 0.6 is 9.39 Å². The van der Waals surface area contributed by atoms with E-state index in [9.17, 15) is 4.79 Å². The first kappa shape index (κ1) is 12.7. The Kier molecular flexibility index (Phi) is 4.18. The van der Waals surface area contributed by atoms with Crippen LogP contribution in [0.2, 0.25) is 0 Å². The monoisotopic (exact) mass is 205 g/mol. The van der Waals surface area contributed by atoms with Crippen molar-refractivity contribution in [3.8, 4) is 0 Å². The lowest BCUT2D eigenvalue weighted by Crippen LogP contribution is -2.34. The molecule has 0 saturated carbocycles. The first-order valence-corrected chi connectivity index (χ1v) is 4.94. The second-order valence-corrected chi connectivity index (χ2v) is 5.32. The molecular weight excluding hydrogens is 185 g/mol. The molecule has 0 saturated heterocycles. The van der Waals surface area contributed by atoms with Crippen LogP contribution < -0.4 is 5.09 Å². The van der Waals surface area contributed by atoms with Crippen LogP contribution in [0.3, 0.4) is 0 Å². The molecule has 0 aliphatic carbocycles. The van der Waals surface area contributed by atoms with E-state index in [1.54, 1.807) is 0 Å². The van der Waals surface area contributed by atoms with Gasteiger partial charge in [0.15, 0.2) is 0 Å². The summed E-state index contributed by atoms with van der Waals surface area (Å²) in [6.45, 7) is 10.2. The van der Waals surface area contributed by atoms with Gasteiger partial charge in [-0.1, -0.05) is 20.8 Å². The van der Waals surface area contributed by atoms with Crippen molar-refractivity contribution in [2.24, 2.45) is 5.41 Å². The highest BCUT2D eigenvalue weighted by Crippen LogP contribution is 2.29. The highest BCUT2D eigenvalue weighted by atomic mass is 31.0. The second-order valence-electron chi connectivity index (χ2n) is 5.03. The van der Waals surface area contributed by atoms with Gasteiger partial charge >= 0.3 is 6.09 Å². The molecule has 0 fully saturated rings. The Hall–Kier alpha value is -0.300. The summed E-state index contributed by atoms with van der Waals surface area (Å²) in [5.41, 5.74) is -0.260. The fourth-order valence-electron chi connectivity index (χ4n) is 1.59. The maximum absolute atomic E-state index is 11.0. The predicted molar refractivity (Wildman–Crippen MR) is 57.5 cm³/mol. The molecule has 4 heteroatoms. The lowest BCUT2D eigenvalue weighted by atomic mass is 9.84. The third-order valence-corrected chi connectivity index (χ3v) is 1.68. The topological polar surface area (TPSA) is 38.3 Å². The van der Waals surface area contributed by atoms with E-state index in [-0.39, 0.29) is 5.41 Å². The van der Waals surface area contributed by atoms with E-state index in [0.29, 0.717) is 0 Å². The summed E-state index contributed by atoms with van der Waals surface area (Å²) in [5.74, 6) is 0. The molecule has 0 spiro atoms. The van der Waals surface area contributed by atoms with Crippen LogP contribution in [0.5, 0.6) is 0 Å². The Balaban J connectivity index is 4.16.